The Kier molecular flexibility index (Phi) is 5.42. The van der Waals surface area contributed by atoms with E-state index in [1.54, 1.807) is 12.4 Å². The number of hydrogen-bond donors (Lipinski definition) is 1. The van der Waals surface area contributed by atoms with Gasteiger partial charge in [-0.05, 0) is 38.6 Å². The molecule has 1 heterocycles. The lowest BCUT2D eigenvalue weighted by Gasteiger charge is -2.43. The molecule has 1 aliphatic rings. The van der Waals surface area contributed by atoms with Crippen LogP contribution in [0, 0.1) is 0 Å². The molecule has 1 saturated carbocycles. The maximum absolute atomic E-state index is 10.9. The summed E-state index contributed by atoms with van der Waals surface area (Å²) in [4.78, 5) is 6.23. The van der Waals surface area contributed by atoms with Crippen molar-refractivity contribution in [3.05, 3.63) is 29.0 Å². The fraction of sp³-hybridized carbons (Fsp3) is 0.688. The van der Waals surface area contributed by atoms with Crippen LogP contribution in [-0.2, 0) is 6.42 Å². The van der Waals surface area contributed by atoms with Gasteiger partial charge in [0.25, 0.3) is 0 Å². The fourth-order valence-electron chi connectivity index (χ4n) is 3.39. The summed E-state index contributed by atoms with van der Waals surface area (Å²) < 4.78 is 0. The van der Waals surface area contributed by atoms with Gasteiger partial charge < -0.3 is 10.0 Å². The molecular weight excluding hydrogens is 272 g/mol. The Morgan fingerprint density at radius 2 is 1.95 bits per heavy atom. The minimum Gasteiger partial charge on any atom is -0.391 e. The Balaban J connectivity index is 2.18. The average Bonchev–Trinajstić information content (AvgIpc) is 2.68. The Bertz CT molecular complexity index is 428. The third-order valence-electron chi connectivity index (χ3n) is 4.75. The van der Waals surface area contributed by atoms with Gasteiger partial charge in [-0.25, -0.2) is 0 Å². The number of aliphatic hydroxyl groups excluding tert-OH is 1. The standard InChI is InChI=1S/C16H25ClN2O/c1-19(2)16(8-5-3-4-6-9-16)15(20)11-13-7-10-18-12-14(13)17/h7,10,12,15,20H,3-6,8-9,11H2,1-2H3. The fourth-order valence-corrected chi connectivity index (χ4v) is 3.58. The molecule has 2 rings (SSSR count). The Morgan fingerprint density at radius 1 is 1.30 bits per heavy atom. The maximum atomic E-state index is 10.9. The number of aliphatic hydroxyl groups is 1. The molecule has 1 aliphatic carbocycles. The van der Waals surface area contributed by atoms with Crippen LogP contribution in [0.2, 0.25) is 5.02 Å². The van der Waals surface area contributed by atoms with Crippen LogP contribution in [0.3, 0.4) is 0 Å². The zero-order valence-electron chi connectivity index (χ0n) is 12.5. The summed E-state index contributed by atoms with van der Waals surface area (Å²) in [7, 11) is 4.17. The molecular formula is C16H25ClN2O. The summed E-state index contributed by atoms with van der Waals surface area (Å²) in [6.45, 7) is 0. The minimum absolute atomic E-state index is 0.122. The van der Waals surface area contributed by atoms with Gasteiger partial charge in [0.1, 0.15) is 0 Å². The van der Waals surface area contributed by atoms with Gasteiger partial charge in [0.15, 0.2) is 0 Å². The number of hydrogen-bond acceptors (Lipinski definition) is 3. The second-order valence-electron chi connectivity index (χ2n) is 6.10. The van der Waals surface area contributed by atoms with Crippen molar-refractivity contribution in [3.63, 3.8) is 0 Å². The van der Waals surface area contributed by atoms with E-state index in [1.807, 2.05) is 6.07 Å². The highest BCUT2D eigenvalue weighted by Crippen LogP contribution is 2.35. The number of likely N-dealkylation sites (N-methyl/N-ethyl adjacent to an activating group) is 1. The molecule has 0 saturated heterocycles. The van der Waals surface area contributed by atoms with Gasteiger partial charge in [0.05, 0.1) is 11.1 Å². The molecule has 4 heteroatoms. The highest BCUT2D eigenvalue weighted by atomic mass is 35.5. The molecule has 1 fully saturated rings. The first-order valence-corrected chi connectivity index (χ1v) is 7.88. The summed E-state index contributed by atoms with van der Waals surface area (Å²) in [6.07, 6.45) is 10.7. The average molecular weight is 297 g/mol. The van der Waals surface area contributed by atoms with Gasteiger partial charge in [0.2, 0.25) is 0 Å². The predicted molar refractivity (Wildman–Crippen MR) is 83.1 cm³/mol. The topological polar surface area (TPSA) is 36.4 Å². The van der Waals surface area contributed by atoms with Crippen molar-refractivity contribution in [2.75, 3.05) is 14.1 Å². The largest absolute Gasteiger partial charge is 0.391 e. The van der Waals surface area contributed by atoms with E-state index in [2.05, 4.69) is 24.0 Å². The number of halogens is 1. The molecule has 0 radical (unpaired) electrons. The molecule has 1 N–H and O–H groups in total. The van der Waals surface area contributed by atoms with Crippen molar-refractivity contribution in [2.24, 2.45) is 0 Å². The van der Waals surface area contributed by atoms with Crippen molar-refractivity contribution < 1.29 is 5.11 Å². The molecule has 0 aromatic carbocycles. The van der Waals surface area contributed by atoms with E-state index >= 15 is 0 Å². The monoisotopic (exact) mass is 296 g/mol. The summed E-state index contributed by atoms with van der Waals surface area (Å²) >= 11 is 6.18. The lowest BCUT2D eigenvalue weighted by molar-refractivity contribution is -0.0174. The summed E-state index contributed by atoms with van der Waals surface area (Å²) in [5, 5.41) is 11.5. The Labute approximate surface area is 127 Å². The maximum Gasteiger partial charge on any atom is 0.0764 e. The van der Waals surface area contributed by atoms with Crippen LogP contribution >= 0.6 is 11.6 Å². The second kappa shape index (κ2) is 6.88. The van der Waals surface area contributed by atoms with Crippen molar-refractivity contribution in [1.82, 2.24) is 9.88 Å². The number of nitrogens with zero attached hydrogens (tertiary/aromatic N) is 2. The quantitative estimate of drug-likeness (QED) is 0.866. The SMILES string of the molecule is CN(C)C1(C(O)Cc2ccncc2Cl)CCCCCC1. The van der Waals surface area contributed by atoms with Crippen LogP contribution in [0.15, 0.2) is 18.5 Å². The van der Waals surface area contributed by atoms with Crippen molar-refractivity contribution in [2.45, 2.75) is 56.6 Å². The Morgan fingerprint density at radius 3 is 2.50 bits per heavy atom. The van der Waals surface area contributed by atoms with Gasteiger partial charge in [-0.3, -0.25) is 4.98 Å². The van der Waals surface area contributed by atoms with E-state index in [-0.39, 0.29) is 5.54 Å². The van der Waals surface area contributed by atoms with E-state index in [0.717, 1.165) is 18.4 Å². The predicted octanol–water partition coefficient (Wildman–Crippen LogP) is 3.29. The third kappa shape index (κ3) is 3.33. The molecule has 1 aromatic rings. The molecule has 20 heavy (non-hydrogen) atoms. The summed E-state index contributed by atoms with van der Waals surface area (Å²) in [6, 6.07) is 1.91. The van der Waals surface area contributed by atoms with Crippen LogP contribution < -0.4 is 0 Å². The third-order valence-corrected chi connectivity index (χ3v) is 5.09. The van der Waals surface area contributed by atoms with Gasteiger partial charge in [-0.2, -0.15) is 0 Å². The molecule has 0 amide bonds. The van der Waals surface area contributed by atoms with E-state index in [0.29, 0.717) is 11.4 Å². The first-order chi connectivity index (χ1) is 9.56. The minimum atomic E-state index is -0.393. The van der Waals surface area contributed by atoms with Gasteiger partial charge in [0, 0.05) is 24.4 Å². The van der Waals surface area contributed by atoms with Crippen molar-refractivity contribution >= 4 is 11.6 Å². The van der Waals surface area contributed by atoms with E-state index in [9.17, 15) is 5.11 Å². The normalized spacial score (nSPS) is 20.6. The highest BCUT2D eigenvalue weighted by Gasteiger charge is 2.40. The molecule has 0 aliphatic heterocycles. The smallest absolute Gasteiger partial charge is 0.0764 e. The van der Waals surface area contributed by atoms with Gasteiger partial charge in [-0.1, -0.05) is 37.3 Å². The van der Waals surface area contributed by atoms with E-state index < -0.39 is 6.10 Å². The first-order valence-electron chi connectivity index (χ1n) is 7.50. The van der Waals surface area contributed by atoms with E-state index in [4.69, 9.17) is 11.6 Å². The number of pyridine rings is 1. The molecule has 3 nitrogen and oxygen atoms in total. The molecule has 0 bridgehead atoms. The molecule has 0 spiro atoms. The van der Waals surface area contributed by atoms with Crippen molar-refractivity contribution in [3.8, 4) is 0 Å². The summed E-state index contributed by atoms with van der Waals surface area (Å²) in [5.74, 6) is 0. The van der Waals surface area contributed by atoms with Crippen LogP contribution in [0.25, 0.3) is 0 Å². The van der Waals surface area contributed by atoms with E-state index in [1.165, 1.54) is 25.7 Å². The molecule has 1 unspecified atom stereocenters. The van der Waals surface area contributed by atoms with Crippen LogP contribution in [-0.4, -0.2) is 40.7 Å². The molecule has 1 atom stereocenters. The number of aromatic nitrogens is 1. The van der Waals surface area contributed by atoms with Crippen molar-refractivity contribution in [1.29, 1.82) is 0 Å². The molecule has 1 aromatic heterocycles. The highest BCUT2D eigenvalue weighted by molar-refractivity contribution is 6.31. The van der Waals surface area contributed by atoms with Crippen LogP contribution in [0.1, 0.15) is 44.1 Å². The lowest BCUT2D eigenvalue weighted by Crippen LogP contribution is -2.54. The number of rotatable bonds is 4. The first kappa shape index (κ1) is 15.7. The van der Waals surface area contributed by atoms with Gasteiger partial charge in [-0.15, -0.1) is 0 Å². The Hall–Kier alpha value is -0.640. The van der Waals surface area contributed by atoms with Crippen LogP contribution in [0.4, 0.5) is 0 Å². The summed E-state index contributed by atoms with van der Waals surface area (Å²) in [5.41, 5.74) is 0.864. The zero-order chi connectivity index (χ0) is 14.6. The van der Waals surface area contributed by atoms with Gasteiger partial charge >= 0.3 is 0 Å². The van der Waals surface area contributed by atoms with Crippen LogP contribution in [0.5, 0.6) is 0 Å². The second-order valence-corrected chi connectivity index (χ2v) is 6.51. The lowest BCUT2D eigenvalue weighted by atomic mass is 9.80. The zero-order valence-corrected chi connectivity index (χ0v) is 13.2. The molecule has 112 valence electrons.